The molecule has 4 heterocycles. The van der Waals surface area contributed by atoms with Crippen LogP contribution in [0.5, 0.6) is 5.88 Å². The molecule has 1 saturated carbocycles. The molecule has 0 bridgehead atoms. The molecule has 2 fully saturated rings. The third-order valence-corrected chi connectivity index (χ3v) is 9.16. The van der Waals surface area contributed by atoms with Gasteiger partial charge in [-0.05, 0) is 56.6 Å². The number of carbonyl (C=O) groups is 1. The number of nitrogens with zero attached hydrogens (tertiary/aromatic N) is 4. The fourth-order valence-electron chi connectivity index (χ4n) is 5.66. The van der Waals surface area contributed by atoms with E-state index in [4.69, 9.17) is 15.5 Å². The number of ether oxygens (including phenoxy) is 1. The molecule has 7 nitrogen and oxygen atoms in total. The van der Waals surface area contributed by atoms with Gasteiger partial charge in [-0.2, -0.15) is 0 Å². The average molecular weight is 538 g/mol. The van der Waals surface area contributed by atoms with Crippen molar-refractivity contribution in [3.8, 4) is 16.5 Å². The third kappa shape index (κ3) is 4.77. The van der Waals surface area contributed by atoms with Gasteiger partial charge in [-0.1, -0.05) is 20.8 Å². The smallest absolute Gasteiger partial charge is 0.230 e. The first kappa shape index (κ1) is 26.5. The molecule has 3 atom stereocenters. The van der Waals surface area contributed by atoms with Gasteiger partial charge in [-0.25, -0.2) is 19.3 Å². The number of piperidine rings is 1. The maximum atomic E-state index is 14.5. The minimum absolute atomic E-state index is 0.00855. The zero-order valence-electron chi connectivity index (χ0n) is 23.0. The molecule has 5 rings (SSSR count). The van der Waals surface area contributed by atoms with Gasteiger partial charge in [0.25, 0.3) is 0 Å². The van der Waals surface area contributed by atoms with Crippen LogP contribution in [0, 0.1) is 18.2 Å². The van der Waals surface area contributed by atoms with Crippen molar-refractivity contribution in [3.63, 3.8) is 0 Å². The number of aryl methyl sites for hydroxylation is 2. The van der Waals surface area contributed by atoms with E-state index in [0.29, 0.717) is 23.8 Å². The number of halogens is 1. The number of amides is 1. The monoisotopic (exact) mass is 537 g/mol. The predicted octanol–water partition coefficient (Wildman–Crippen LogP) is 5.66. The lowest BCUT2D eigenvalue weighted by Gasteiger charge is -2.23. The topological polar surface area (TPSA) is 94.2 Å². The van der Waals surface area contributed by atoms with Crippen LogP contribution in [0.1, 0.15) is 75.4 Å². The first-order valence-corrected chi connectivity index (χ1v) is 14.0. The van der Waals surface area contributed by atoms with Crippen molar-refractivity contribution >= 4 is 23.1 Å². The van der Waals surface area contributed by atoms with Crippen LogP contribution in [0.3, 0.4) is 0 Å². The fourth-order valence-corrected chi connectivity index (χ4v) is 6.77. The van der Waals surface area contributed by atoms with Crippen molar-refractivity contribution in [2.24, 2.45) is 5.41 Å². The third-order valence-electron chi connectivity index (χ3n) is 8.28. The van der Waals surface area contributed by atoms with Gasteiger partial charge in [-0.15, -0.1) is 11.3 Å². The molecule has 2 aliphatic rings. The fraction of sp³-hybridized carbons (Fsp3) is 0.517. The predicted molar refractivity (Wildman–Crippen MR) is 148 cm³/mol. The van der Waals surface area contributed by atoms with Gasteiger partial charge < -0.3 is 15.4 Å². The molecule has 1 aliphatic carbocycles. The summed E-state index contributed by atoms with van der Waals surface area (Å²) in [6.07, 6.45) is 4.78. The van der Waals surface area contributed by atoms with E-state index < -0.39 is 11.7 Å². The van der Waals surface area contributed by atoms with Gasteiger partial charge in [0, 0.05) is 46.3 Å². The highest BCUT2D eigenvalue weighted by Gasteiger charge is 2.61. The Kier molecular flexibility index (Phi) is 6.70. The van der Waals surface area contributed by atoms with E-state index >= 15 is 0 Å². The van der Waals surface area contributed by atoms with E-state index in [-0.39, 0.29) is 22.8 Å². The number of aromatic nitrogens is 3. The molecule has 0 radical (unpaired) electrons. The van der Waals surface area contributed by atoms with Gasteiger partial charge >= 0.3 is 0 Å². The SMILES string of the molecule is COc1cc([C@@H](C)C(=O)N2CC[C@]3(CCc4cc(-c5nc(C(C)(C)C)cs5)c(C)nc4N)CC23)c(F)cn1. The maximum Gasteiger partial charge on any atom is 0.230 e. The summed E-state index contributed by atoms with van der Waals surface area (Å²) in [5, 5.41) is 3.09. The zero-order chi connectivity index (χ0) is 27.4. The summed E-state index contributed by atoms with van der Waals surface area (Å²) >= 11 is 1.64. The van der Waals surface area contributed by atoms with Crippen LogP contribution in [0.2, 0.25) is 0 Å². The Morgan fingerprint density at radius 1 is 1.34 bits per heavy atom. The average Bonchev–Trinajstić information content (AvgIpc) is 3.19. The van der Waals surface area contributed by atoms with Crippen molar-refractivity contribution in [3.05, 3.63) is 52.0 Å². The summed E-state index contributed by atoms with van der Waals surface area (Å²) in [7, 11) is 1.48. The molecule has 2 N–H and O–H groups in total. The number of nitrogens with two attached hydrogens (primary N) is 1. The second kappa shape index (κ2) is 9.59. The first-order valence-electron chi connectivity index (χ1n) is 13.2. The standard InChI is InChI=1S/C29H36FN5O2S/c1-16(19-12-24(37-6)32-14-21(19)30)27(36)35-10-9-29(13-23(29)35)8-7-18-11-20(17(2)33-25(18)31)26-34-22(15-38-26)28(3,4)5/h11-12,14-16,23H,7-10,13H2,1-6H3,(H2,31,33)/t16-,23?,29-/m1/s1. The number of fused-ring (bicyclic) bond motifs is 1. The lowest BCUT2D eigenvalue weighted by Crippen LogP contribution is -2.34. The van der Waals surface area contributed by atoms with Crippen molar-refractivity contribution in [2.45, 2.75) is 77.7 Å². The van der Waals surface area contributed by atoms with E-state index in [1.54, 1.807) is 18.3 Å². The van der Waals surface area contributed by atoms with Gasteiger partial charge in [0.05, 0.1) is 24.9 Å². The highest BCUT2D eigenvalue weighted by atomic mass is 32.1. The van der Waals surface area contributed by atoms with E-state index in [1.807, 2.05) is 11.8 Å². The molecule has 9 heteroatoms. The summed E-state index contributed by atoms with van der Waals surface area (Å²) in [4.78, 5) is 28.8. The molecular formula is C29H36FN5O2S. The Hall–Kier alpha value is -3.07. The van der Waals surface area contributed by atoms with E-state index in [1.165, 1.54) is 13.2 Å². The lowest BCUT2D eigenvalue weighted by molar-refractivity contribution is -0.132. The molecule has 3 aromatic heterocycles. The number of anilines is 1. The van der Waals surface area contributed by atoms with Crippen LogP contribution >= 0.6 is 11.3 Å². The molecule has 1 unspecified atom stereocenters. The molecule has 0 spiro atoms. The summed E-state index contributed by atoms with van der Waals surface area (Å²) in [6.45, 7) is 10.9. The highest BCUT2D eigenvalue weighted by molar-refractivity contribution is 7.13. The second-order valence-electron chi connectivity index (χ2n) is 11.8. The minimum atomic E-state index is -0.598. The van der Waals surface area contributed by atoms with Crippen molar-refractivity contribution in [2.75, 3.05) is 19.4 Å². The Morgan fingerprint density at radius 3 is 2.76 bits per heavy atom. The Bertz CT molecular complexity index is 1380. The summed E-state index contributed by atoms with van der Waals surface area (Å²) < 4.78 is 19.6. The molecular weight excluding hydrogens is 501 g/mol. The van der Waals surface area contributed by atoms with Crippen LogP contribution < -0.4 is 10.5 Å². The summed E-state index contributed by atoms with van der Waals surface area (Å²) in [5.74, 6) is -0.257. The van der Waals surface area contributed by atoms with Crippen molar-refractivity contribution in [1.82, 2.24) is 19.9 Å². The minimum Gasteiger partial charge on any atom is -0.481 e. The number of carbonyl (C=O) groups excluding carboxylic acids is 1. The lowest BCUT2D eigenvalue weighted by atomic mass is 9.93. The van der Waals surface area contributed by atoms with Crippen LogP contribution in [0.4, 0.5) is 10.2 Å². The van der Waals surface area contributed by atoms with Gasteiger partial charge in [-0.3, -0.25) is 4.79 Å². The van der Waals surface area contributed by atoms with Crippen LogP contribution in [-0.4, -0.2) is 45.5 Å². The maximum absolute atomic E-state index is 14.5. The Morgan fingerprint density at radius 2 is 2.11 bits per heavy atom. The number of nitrogen functional groups attached to an aromatic ring is 1. The normalized spacial score (nSPS) is 21.3. The number of likely N-dealkylation sites (tertiary alicyclic amines) is 1. The van der Waals surface area contributed by atoms with Gasteiger partial charge in [0.2, 0.25) is 11.8 Å². The van der Waals surface area contributed by atoms with E-state index in [2.05, 4.69) is 42.2 Å². The number of rotatable bonds is 7. The molecule has 1 saturated heterocycles. The molecule has 202 valence electrons. The van der Waals surface area contributed by atoms with Crippen molar-refractivity contribution < 1.29 is 13.9 Å². The zero-order valence-corrected chi connectivity index (χ0v) is 23.8. The molecule has 1 aliphatic heterocycles. The second-order valence-corrected chi connectivity index (χ2v) is 12.6. The molecule has 38 heavy (non-hydrogen) atoms. The summed E-state index contributed by atoms with van der Waals surface area (Å²) in [5.41, 5.74) is 10.8. The number of hydrogen-bond acceptors (Lipinski definition) is 7. The first-order chi connectivity index (χ1) is 17.9. The van der Waals surface area contributed by atoms with Gasteiger partial charge in [0.15, 0.2) is 0 Å². The Labute approximate surface area is 227 Å². The molecule has 3 aromatic rings. The highest BCUT2D eigenvalue weighted by Crippen LogP contribution is 2.60. The number of hydrogen-bond donors (Lipinski definition) is 1. The molecule has 1 amide bonds. The van der Waals surface area contributed by atoms with Crippen LogP contribution in [-0.2, 0) is 16.6 Å². The number of pyridine rings is 2. The molecule has 0 aromatic carbocycles. The quantitative estimate of drug-likeness (QED) is 0.418. The number of thiazole rings is 1. The Balaban J connectivity index is 1.28. The largest absolute Gasteiger partial charge is 0.481 e. The van der Waals surface area contributed by atoms with Crippen LogP contribution in [0.15, 0.2) is 23.7 Å². The van der Waals surface area contributed by atoms with E-state index in [9.17, 15) is 9.18 Å². The van der Waals surface area contributed by atoms with E-state index in [0.717, 1.165) is 59.4 Å². The number of methoxy groups -OCH3 is 1. The van der Waals surface area contributed by atoms with Crippen molar-refractivity contribution in [1.29, 1.82) is 0 Å². The summed E-state index contributed by atoms with van der Waals surface area (Å²) in [6, 6.07) is 3.86. The van der Waals surface area contributed by atoms with Gasteiger partial charge in [0.1, 0.15) is 16.6 Å². The van der Waals surface area contributed by atoms with Crippen LogP contribution in [0.25, 0.3) is 10.6 Å².